The molecule has 5 heterocycles. The molecule has 26 unspecified atom stereocenters. The molecule has 3 saturated carbocycles. The Balaban J connectivity index is 0.815. The molecule has 10 N–H and O–H groups in total. The van der Waals surface area contributed by atoms with Gasteiger partial charge in [-0.3, -0.25) is 0 Å². The maximum atomic E-state index is 11.2. The Labute approximate surface area is 368 Å². The molecular weight excluding hydrogens is 828 g/mol. The van der Waals surface area contributed by atoms with Gasteiger partial charge in [0.1, 0.15) is 67.1 Å². The van der Waals surface area contributed by atoms with Crippen molar-refractivity contribution in [3.63, 3.8) is 0 Å². The van der Waals surface area contributed by atoms with Crippen molar-refractivity contribution >= 4 is 0 Å². The van der Waals surface area contributed by atoms with Crippen LogP contribution in [0.4, 0.5) is 0 Å². The molecule has 0 bridgehead atoms. The van der Waals surface area contributed by atoms with E-state index in [0.29, 0.717) is 42.9 Å². The molecular formula is C45H72O18. The van der Waals surface area contributed by atoms with Gasteiger partial charge < -0.3 is 89.0 Å². The van der Waals surface area contributed by atoms with Gasteiger partial charge in [0.05, 0.1) is 43.7 Å². The van der Waals surface area contributed by atoms with Gasteiger partial charge in [0.15, 0.2) is 24.7 Å². The minimum absolute atomic E-state index is 0.0267. The number of aliphatic hydroxyl groups is 10. The number of aliphatic hydroxyl groups excluding tert-OH is 10. The summed E-state index contributed by atoms with van der Waals surface area (Å²) in [6, 6.07) is 0. The Morgan fingerprint density at radius 2 is 1.35 bits per heavy atom. The van der Waals surface area contributed by atoms with Crippen molar-refractivity contribution in [2.45, 2.75) is 208 Å². The highest BCUT2D eigenvalue weighted by atomic mass is 16.8. The number of hydrogen-bond acceptors (Lipinski definition) is 18. The third-order valence-electron chi connectivity index (χ3n) is 17.8. The quantitative estimate of drug-likeness (QED) is 0.129. The molecule has 0 radical (unpaired) electrons. The first kappa shape index (κ1) is 47.1. The summed E-state index contributed by atoms with van der Waals surface area (Å²) in [4.78, 5) is 0. The number of allylic oxidation sites excluding steroid dienone is 1. The molecule has 9 aliphatic rings. The van der Waals surface area contributed by atoms with E-state index in [0.717, 1.165) is 38.5 Å². The molecule has 0 aromatic carbocycles. The van der Waals surface area contributed by atoms with Gasteiger partial charge >= 0.3 is 0 Å². The van der Waals surface area contributed by atoms with Crippen molar-refractivity contribution < 1.29 is 89.0 Å². The minimum atomic E-state index is -1.64. The largest absolute Gasteiger partial charge is 0.394 e. The summed E-state index contributed by atoms with van der Waals surface area (Å²) >= 11 is 0. The van der Waals surface area contributed by atoms with Crippen molar-refractivity contribution in [1.29, 1.82) is 0 Å². The van der Waals surface area contributed by atoms with Crippen molar-refractivity contribution in [2.24, 2.45) is 40.4 Å². The van der Waals surface area contributed by atoms with Crippen molar-refractivity contribution in [2.75, 3.05) is 19.8 Å². The zero-order valence-electron chi connectivity index (χ0n) is 37.0. The van der Waals surface area contributed by atoms with Gasteiger partial charge in [-0.05, 0) is 99.7 Å². The van der Waals surface area contributed by atoms with E-state index in [-0.39, 0.29) is 35.6 Å². The molecule has 5 aliphatic heterocycles. The third-order valence-corrected chi connectivity index (χ3v) is 17.8. The summed E-state index contributed by atoms with van der Waals surface area (Å²) in [5, 5.41) is 104. The van der Waals surface area contributed by atoms with Crippen LogP contribution in [0.1, 0.15) is 92.4 Å². The lowest BCUT2D eigenvalue weighted by Gasteiger charge is -2.58. The average Bonchev–Trinajstić information content (AvgIpc) is 3.86. The number of hydrogen-bond donors (Lipinski definition) is 10. The fourth-order valence-corrected chi connectivity index (χ4v) is 14.2. The van der Waals surface area contributed by atoms with Crippen molar-refractivity contribution in [1.82, 2.24) is 0 Å². The van der Waals surface area contributed by atoms with E-state index >= 15 is 0 Å². The Kier molecular flexibility index (Phi) is 12.9. The molecule has 4 aliphatic carbocycles. The summed E-state index contributed by atoms with van der Waals surface area (Å²) in [7, 11) is 0. The van der Waals surface area contributed by atoms with Gasteiger partial charge in [0.25, 0.3) is 0 Å². The first-order chi connectivity index (χ1) is 29.8. The lowest BCUT2D eigenvalue weighted by Crippen LogP contribution is -2.64. The molecule has 0 amide bonds. The van der Waals surface area contributed by atoms with E-state index in [9.17, 15) is 51.1 Å². The van der Waals surface area contributed by atoms with Gasteiger partial charge in [0.2, 0.25) is 0 Å². The van der Waals surface area contributed by atoms with Crippen LogP contribution in [0.15, 0.2) is 11.6 Å². The van der Waals surface area contributed by atoms with Gasteiger partial charge in [-0.2, -0.15) is 0 Å². The summed E-state index contributed by atoms with van der Waals surface area (Å²) in [6.07, 6.45) is -10.6. The number of rotatable bonds is 9. The van der Waals surface area contributed by atoms with Gasteiger partial charge in [-0.25, -0.2) is 0 Å². The predicted molar refractivity (Wildman–Crippen MR) is 216 cm³/mol. The van der Waals surface area contributed by atoms with E-state index in [1.165, 1.54) is 12.5 Å². The third kappa shape index (κ3) is 7.71. The smallest absolute Gasteiger partial charge is 0.187 e. The molecule has 0 aromatic heterocycles. The summed E-state index contributed by atoms with van der Waals surface area (Å²) in [5.41, 5.74) is 0.640. The van der Waals surface area contributed by atoms with Crippen LogP contribution < -0.4 is 0 Å². The normalized spacial score (nSPS) is 57.9. The number of ether oxygens (including phenoxy) is 8. The van der Waals surface area contributed by atoms with Crippen molar-refractivity contribution in [3.05, 3.63) is 11.6 Å². The lowest BCUT2D eigenvalue weighted by atomic mass is 9.47. The summed E-state index contributed by atoms with van der Waals surface area (Å²) in [5.74, 6) is 1.13. The van der Waals surface area contributed by atoms with Crippen LogP contribution in [0.25, 0.3) is 0 Å². The first-order valence-corrected chi connectivity index (χ1v) is 23.4. The monoisotopic (exact) mass is 900 g/mol. The predicted octanol–water partition coefficient (Wildman–Crippen LogP) is -0.671. The van der Waals surface area contributed by atoms with Crippen LogP contribution in [0.5, 0.6) is 0 Å². The molecule has 5 saturated heterocycles. The Hall–Kier alpha value is -0.980. The van der Waals surface area contributed by atoms with Crippen LogP contribution in [0.3, 0.4) is 0 Å². The molecule has 18 heteroatoms. The minimum Gasteiger partial charge on any atom is -0.394 e. The van der Waals surface area contributed by atoms with Gasteiger partial charge in [-0.15, -0.1) is 0 Å². The molecule has 1 spiro atoms. The Morgan fingerprint density at radius 1 is 0.683 bits per heavy atom. The average molecular weight is 901 g/mol. The van der Waals surface area contributed by atoms with E-state index in [1.54, 1.807) is 0 Å². The van der Waals surface area contributed by atoms with Crippen LogP contribution >= 0.6 is 0 Å². The second kappa shape index (κ2) is 17.2. The first-order valence-electron chi connectivity index (χ1n) is 23.4. The Bertz CT molecular complexity index is 1670. The zero-order valence-corrected chi connectivity index (χ0v) is 37.0. The SMILES string of the molecule is CC1OC(OC2C(CO)OC(OC3CCC4(C)C(=CCC5C4CCC4(C)C5CC5OC6(CCC(C)(COC7OC(CO)C(O)C(O)C7O)O6)C(C)C54)C3)C(O)C2O)C(O)C(O)C1O. The highest BCUT2D eigenvalue weighted by Crippen LogP contribution is 2.71. The molecule has 18 nitrogen and oxygen atoms in total. The Morgan fingerprint density at radius 3 is 2.08 bits per heavy atom. The van der Waals surface area contributed by atoms with E-state index in [4.69, 9.17) is 37.9 Å². The summed E-state index contributed by atoms with van der Waals surface area (Å²) < 4.78 is 49.2. The van der Waals surface area contributed by atoms with Crippen molar-refractivity contribution in [3.8, 4) is 0 Å². The van der Waals surface area contributed by atoms with Gasteiger partial charge in [0, 0.05) is 12.3 Å². The fraction of sp³-hybridized carbons (Fsp3) is 0.956. The topological polar surface area (TPSA) is 276 Å². The van der Waals surface area contributed by atoms with E-state index in [2.05, 4.69) is 26.8 Å². The van der Waals surface area contributed by atoms with Crippen LogP contribution in [-0.4, -0.2) is 187 Å². The standard InChI is InChI=1S/C45H72O18/c1-19-29-26(62-45(19)13-12-42(3,63-45)18-56-39-35(53)33(51)31(49)27(16-46)59-39)15-25-23-7-6-21-14-22(8-10-43(21,4)24(23)9-11-44(25,29)5)58-41-37(55)34(52)38(28(17-47)60-41)61-40-36(54)32(50)30(48)20(2)57-40/h6,19-20,22-41,46-55H,7-18H2,1-5H3. The van der Waals surface area contributed by atoms with Crippen LogP contribution in [0.2, 0.25) is 0 Å². The molecule has 0 aromatic rings. The molecule has 360 valence electrons. The highest BCUT2D eigenvalue weighted by molar-refractivity contribution is 5.26. The zero-order chi connectivity index (χ0) is 45.1. The summed E-state index contributed by atoms with van der Waals surface area (Å²) in [6.45, 7) is 9.56. The highest BCUT2D eigenvalue weighted by Gasteiger charge is 2.70. The van der Waals surface area contributed by atoms with Crippen LogP contribution in [0, 0.1) is 40.4 Å². The molecule has 9 rings (SSSR count). The van der Waals surface area contributed by atoms with Gasteiger partial charge in [-0.1, -0.05) is 32.4 Å². The maximum absolute atomic E-state index is 11.2. The maximum Gasteiger partial charge on any atom is 0.187 e. The second-order valence-corrected chi connectivity index (χ2v) is 21.4. The molecule has 8 fully saturated rings. The fourth-order valence-electron chi connectivity index (χ4n) is 14.2. The van der Waals surface area contributed by atoms with E-state index < -0.39 is 117 Å². The van der Waals surface area contributed by atoms with Crippen LogP contribution in [-0.2, 0) is 37.9 Å². The molecule has 63 heavy (non-hydrogen) atoms. The molecule has 26 atom stereocenters. The number of fused-ring (bicyclic) bond motifs is 7. The van der Waals surface area contributed by atoms with E-state index in [1.807, 2.05) is 6.92 Å². The lowest BCUT2D eigenvalue weighted by molar-refractivity contribution is -0.360. The second-order valence-electron chi connectivity index (χ2n) is 21.4.